The Balaban J connectivity index is 1.61. The van der Waals surface area contributed by atoms with Gasteiger partial charge in [-0.1, -0.05) is 12.1 Å². The van der Waals surface area contributed by atoms with Crippen LogP contribution in [0.4, 0.5) is 11.8 Å². The van der Waals surface area contributed by atoms with Crippen molar-refractivity contribution in [2.75, 3.05) is 37.0 Å². The molecule has 0 N–H and O–H groups in total. The number of anilines is 2. The average molecular weight is 401 g/mol. The number of piperidine rings is 1. The van der Waals surface area contributed by atoms with Crippen molar-refractivity contribution in [3.63, 3.8) is 0 Å². The Morgan fingerprint density at radius 1 is 1.23 bits per heavy atom. The van der Waals surface area contributed by atoms with Crippen LogP contribution in [0.25, 0.3) is 16.7 Å². The third-order valence-corrected chi connectivity index (χ3v) is 5.79. The molecule has 1 aromatic carbocycles. The van der Waals surface area contributed by atoms with E-state index in [0.717, 1.165) is 48.3 Å². The standard InChI is InChI=1S/C22H23N7O/c1-14-11-19(29-18-9-5-4-8-17(18)24-20(29)16(14)12-23)28-10-6-7-15(13-28)21-25-22(26-30-21)27(2)3/h4-5,8-9,11,15H,6-7,10,13H2,1-3H3. The molecule has 30 heavy (non-hydrogen) atoms. The first-order chi connectivity index (χ1) is 14.6. The lowest BCUT2D eigenvalue weighted by Gasteiger charge is -2.33. The van der Waals surface area contributed by atoms with Gasteiger partial charge in [0.05, 0.1) is 22.5 Å². The molecule has 8 nitrogen and oxygen atoms in total. The third kappa shape index (κ3) is 2.86. The predicted octanol–water partition coefficient (Wildman–Crippen LogP) is 3.50. The lowest BCUT2D eigenvalue weighted by Crippen LogP contribution is -2.35. The van der Waals surface area contributed by atoms with Gasteiger partial charge in [0.2, 0.25) is 5.89 Å². The van der Waals surface area contributed by atoms with E-state index in [1.54, 1.807) is 0 Å². The van der Waals surface area contributed by atoms with Gasteiger partial charge in [0.1, 0.15) is 11.9 Å². The SMILES string of the molecule is Cc1cc(N2CCCC(c3nc(N(C)C)no3)C2)n2c(nc3ccccc32)c1C#N. The van der Waals surface area contributed by atoms with Gasteiger partial charge in [-0.3, -0.25) is 4.40 Å². The zero-order valence-electron chi connectivity index (χ0n) is 17.3. The van der Waals surface area contributed by atoms with E-state index in [1.165, 1.54) is 0 Å². The average Bonchev–Trinajstić information content (AvgIpc) is 3.39. The molecule has 1 fully saturated rings. The smallest absolute Gasteiger partial charge is 0.265 e. The van der Waals surface area contributed by atoms with Crippen molar-refractivity contribution in [3.05, 3.63) is 47.3 Å². The van der Waals surface area contributed by atoms with Crippen molar-refractivity contribution in [2.24, 2.45) is 0 Å². The van der Waals surface area contributed by atoms with Crippen LogP contribution in [0, 0.1) is 18.3 Å². The second-order valence-electron chi connectivity index (χ2n) is 8.04. The first-order valence-electron chi connectivity index (χ1n) is 10.1. The molecule has 8 heteroatoms. The van der Waals surface area contributed by atoms with Crippen molar-refractivity contribution in [1.29, 1.82) is 5.26 Å². The lowest BCUT2D eigenvalue weighted by atomic mass is 9.97. The maximum atomic E-state index is 9.73. The molecule has 0 bridgehead atoms. The number of aromatic nitrogens is 4. The molecule has 4 aromatic rings. The molecule has 5 rings (SSSR count). The number of fused-ring (bicyclic) bond motifs is 3. The van der Waals surface area contributed by atoms with Crippen molar-refractivity contribution in [2.45, 2.75) is 25.7 Å². The monoisotopic (exact) mass is 401 g/mol. The normalized spacial score (nSPS) is 16.9. The molecule has 1 aliphatic rings. The second kappa shape index (κ2) is 7.02. The molecule has 3 aromatic heterocycles. The maximum Gasteiger partial charge on any atom is 0.265 e. The van der Waals surface area contributed by atoms with Crippen LogP contribution in [-0.2, 0) is 0 Å². The summed E-state index contributed by atoms with van der Waals surface area (Å²) in [5, 5.41) is 13.8. The zero-order chi connectivity index (χ0) is 20.8. The van der Waals surface area contributed by atoms with Crippen LogP contribution < -0.4 is 9.80 Å². The van der Waals surface area contributed by atoms with Crippen molar-refractivity contribution in [3.8, 4) is 6.07 Å². The van der Waals surface area contributed by atoms with Gasteiger partial charge in [-0.25, -0.2) is 4.98 Å². The van der Waals surface area contributed by atoms with Crippen LogP contribution in [0.15, 0.2) is 34.9 Å². The predicted molar refractivity (Wildman–Crippen MR) is 115 cm³/mol. The first kappa shape index (κ1) is 18.4. The minimum atomic E-state index is 0.167. The van der Waals surface area contributed by atoms with Gasteiger partial charge in [-0.05, 0) is 48.7 Å². The van der Waals surface area contributed by atoms with E-state index in [2.05, 4.69) is 37.6 Å². The molecule has 0 saturated carbocycles. The fourth-order valence-corrected chi connectivity index (χ4v) is 4.26. The van der Waals surface area contributed by atoms with E-state index < -0.39 is 0 Å². The highest BCUT2D eigenvalue weighted by Crippen LogP contribution is 2.33. The molecule has 0 radical (unpaired) electrons. The van der Waals surface area contributed by atoms with Gasteiger partial charge in [0.25, 0.3) is 5.95 Å². The second-order valence-corrected chi connectivity index (χ2v) is 8.04. The summed E-state index contributed by atoms with van der Waals surface area (Å²) in [7, 11) is 3.81. The maximum absolute atomic E-state index is 9.73. The molecule has 0 spiro atoms. The number of benzene rings is 1. The van der Waals surface area contributed by atoms with Crippen LogP contribution in [0.1, 0.15) is 35.8 Å². The molecule has 1 aliphatic heterocycles. The lowest BCUT2D eigenvalue weighted by molar-refractivity contribution is 0.332. The van der Waals surface area contributed by atoms with E-state index >= 15 is 0 Å². The first-order valence-corrected chi connectivity index (χ1v) is 10.1. The van der Waals surface area contributed by atoms with Crippen LogP contribution in [0.2, 0.25) is 0 Å². The highest BCUT2D eigenvalue weighted by Gasteiger charge is 2.28. The molecule has 1 unspecified atom stereocenters. The van der Waals surface area contributed by atoms with E-state index in [-0.39, 0.29) is 5.92 Å². The van der Waals surface area contributed by atoms with Gasteiger partial charge in [0.15, 0.2) is 5.65 Å². The topological polar surface area (TPSA) is 86.5 Å². The van der Waals surface area contributed by atoms with Crippen LogP contribution in [-0.4, -0.2) is 46.7 Å². The molecular weight excluding hydrogens is 378 g/mol. The Morgan fingerprint density at radius 3 is 2.83 bits per heavy atom. The Hall–Kier alpha value is -3.60. The molecule has 0 aliphatic carbocycles. The van der Waals surface area contributed by atoms with Crippen molar-refractivity contribution >= 4 is 28.4 Å². The molecule has 1 saturated heterocycles. The van der Waals surface area contributed by atoms with E-state index in [0.29, 0.717) is 23.0 Å². The minimum Gasteiger partial charge on any atom is -0.357 e. The van der Waals surface area contributed by atoms with Gasteiger partial charge in [0, 0.05) is 27.2 Å². The molecular formula is C22H23N7O. The fourth-order valence-electron chi connectivity index (χ4n) is 4.26. The number of pyridine rings is 1. The van der Waals surface area contributed by atoms with E-state index in [9.17, 15) is 5.26 Å². The van der Waals surface area contributed by atoms with Crippen LogP contribution in [0.3, 0.4) is 0 Å². The summed E-state index contributed by atoms with van der Waals surface area (Å²) in [6, 6.07) is 12.5. The summed E-state index contributed by atoms with van der Waals surface area (Å²) in [6.07, 6.45) is 2.03. The largest absolute Gasteiger partial charge is 0.357 e. The quantitative estimate of drug-likeness (QED) is 0.519. The fraction of sp³-hybridized carbons (Fsp3) is 0.364. The number of hydrogen-bond donors (Lipinski definition) is 0. The van der Waals surface area contributed by atoms with Crippen molar-refractivity contribution < 1.29 is 4.52 Å². The van der Waals surface area contributed by atoms with Crippen LogP contribution in [0.5, 0.6) is 0 Å². The number of rotatable bonds is 3. The summed E-state index contributed by atoms with van der Waals surface area (Å²) in [5.74, 6) is 2.49. The number of nitrogens with zero attached hydrogens (tertiary/aromatic N) is 7. The van der Waals surface area contributed by atoms with Gasteiger partial charge in [-0.2, -0.15) is 10.2 Å². The Bertz CT molecular complexity index is 1280. The van der Waals surface area contributed by atoms with Gasteiger partial charge >= 0.3 is 0 Å². The number of nitriles is 1. The highest BCUT2D eigenvalue weighted by molar-refractivity contribution is 5.85. The van der Waals surface area contributed by atoms with Gasteiger partial charge < -0.3 is 14.3 Å². The van der Waals surface area contributed by atoms with E-state index in [1.807, 2.05) is 44.1 Å². The number of para-hydroxylation sites is 2. The highest BCUT2D eigenvalue weighted by atomic mass is 16.5. The molecule has 1 atom stereocenters. The van der Waals surface area contributed by atoms with Gasteiger partial charge in [-0.15, -0.1) is 0 Å². The minimum absolute atomic E-state index is 0.167. The summed E-state index contributed by atoms with van der Waals surface area (Å²) in [6.45, 7) is 3.68. The summed E-state index contributed by atoms with van der Waals surface area (Å²) >= 11 is 0. The molecule has 0 amide bonds. The zero-order valence-corrected chi connectivity index (χ0v) is 17.3. The van der Waals surface area contributed by atoms with Crippen LogP contribution >= 0.6 is 0 Å². The number of imidazole rings is 1. The number of hydrogen-bond acceptors (Lipinski definition) is 7. The van der Waals surface area contributed by atoms with Crippen molar-refractivity contribution in [1.82, 2.24) is 19.5 Å². The molecule has 4 heterocycles. The Morgan fingerprint density at radius 2 is 2.07 bits per heavy atom. The summed E-state index contributed by atoms with van der Waals surface area (Å²) < 4.78 is 7.67. The summed E-state index contributed by atoms with van der Waals surface area (Å²) in [4.78, 5) is 13.5. The Kier molecular flexibility index (Phi) is 4.31. The third-order valence-electron chi connectivity index (χ3n) is 5.79. The molecule has 152 valence electrons. The van der Waals surface area contributed by atoms with E-state index in [4.69, 9.17) is 9.51 Å². The number of aryl methyl sites for hydroxylation is 1. The summed E-state index contributed by atoms with van der Waals surface area (Å²) in [5.41, 5.74) is 4.17. The Labute approximate surface area is 174 Å².